The molecule has 1 saturated heterocycles. The minimum atomic E-state index is -1.20. The van der Waals surface area contributed by atoms with Crippen molar-refractivity contribution in [3.63, 3.8) is 0 Å². The number of benzene rings is 2. The molecule has 2 aliphatic rings. The summed E-state index contributed by atoms with van der Waals surface area (Å²) in [5.41, 5.74) is 16.4. The molecule has 0 spiro atoms. The number of halogens is 2. The second-order valence-electron chi connectivity index (χ2n) is 8.07. The molecule has 10 heteroatoms. The molecule has 0 aromatic heterocycles. The summed E-state index contributed by atoms with van der Waals surface area (Å²) >= 11 is 12.2. The summed E-state index contributed by atoms with van der Waals surface area (Å²) in [6.45, 7) is 1.34. The van der Waals surface area contributed by atoms with Crippen molar-refractivity contribution in [3.05, 3.63) is 80.1 Å². The predicted octanol–water partition coefficient (Wildman–Crippen LogP) is 4.63. The topological polar surface area (TPSA) is 120 Å². The first-order valence-corrected chi connectivity index (χ1v) is 11.5. The van der Waals surface area contributed by atoms with E-state index in [4.69, 9.17) is 44.5 Å². The van der Waals surface area contributed by atoms with Gasteiger partial charge in [-0.15, -0.1) is 0 Å². The Kier molecular flexibility index (Phi) is 7.00. The van der Waals surface area contributed by atoms with Gasteiger partial charge in [-0.3, -0.25) is 19.7 Å². The smallest absolute Gasteiger partial charge is 0.246 e. The predicted molar refractivity (Wildman–Crippen MR) is 131 cm³/mol. The number of aliphatic imine (C=N–C) groups is 2. The second kappa shape index (κ2) is 9.93. The van der Waals surface area contributed by atoms with Gasteiger partial charge in [0, 0.05) is 39.2 Å². The molecule has 0 saturated carbocycles. The summed E-state index contributed by atoms with van der Waals surface area (Å²) in [7, 11) is 0. The number of hydrogen-bond acceptors (Lipinski definition) is 5. The van der Waals surface area contributed by atoms with E-state index in [0.717, 1.165) is 30.4 Å². The first kappa shape index (κ1) is 23.3. The Labute approximate surface area is 201 Å². The van der Waals surface area contributed by atoms with E-state index >= 15 is 0 Å². The largest absolute Gasteiger partial charge is 0.368 e. The van der Waals surface area contributed by atoms with E-state index in [0.29, 0.717) is 34.6 Å². The highest BCUT2D eigenvalue weighted by Gasteiger charge is 2.50. The number of carbonyl (C=O) groups is 1. The van der Waals surface area contributed by atoms with E-state index in [1.165, 1.54) is 0 Å². The minimum Gasteiger partial charge on any atom is -0.368 e. The maximum absolute atomic E-state index is 12.7. The summed E-state index contributed by atoms with van der Waals surface area (Å²) < 4.78 is 0. The zero-order valence-electron chi connectivity index (χ0n) is 17.9. The molecule has 2 heterocycles. The normalized spacial score (nSPS) is 23.3. The molecule has 0 radical (unpaired) electrons. The van der Waals surface area contributed by atoms with Crippen LogP contribution in [0, 0.1) is 0 Å². The molecule has 2 N–H and O–H groups in total. The van der Waals surface area contributed by atoms with Crippen molar-refractivity contribution < 1.29 is 4.79 Å². The summed E-state index contributed by atoms with van der Waals surface area (Å²) in [5, 5.41) is 5.01. The van der Waals surface area contributed by atoms with Crippen molar-refractivity contribution in [1.29, 1.82) is 0 Å². The van der Waals surface area contributed by atoms with Crippen molar-refractivity contribution in [2.24, 2.45) is 20.8 Å². The first-order chi connectivity index (χ1) is 15.9. The number of rotatable bonds is 6. The Bertz CT molecular complexity index is 1130. The van der Waals surface area contributed by atoms with Crippen molar-refractivity contribution in [2.45, 2.75) is 31.0 Å². The standard InChI is InChI=1S/C23H23Cl2N7O/c24-17-8-4-15(5-9-17)19-20(16-6-10-18(25)11-7-16)30-23(14-28-31-27,21(29-19)22(26)33)32-12-2-1-3-13-32/h4-11,21H,1-3,12-14H2,(H2,26,33). The fourth-order valence-corrected chi connectivity index (χ4v) is 4.66. The highest BCUT2D eigenvalue weighted by molar-refractivity contribution is 6.54. The van der Waals surface area contributed by atoms with E-state index in [1.54, 1.807) is 24.3 Å². The maximum Gasteiger partial charge on any atom is 0.246 e. The zero-order chi connectivity index (χ0) is 23.4. The molecule has 2 aromatic carbocycles. The highest BCUT2D eigenvalue weighted by atomic mass is 35.5. The monoisotopic (exact) mass is 483 g/mol. The third-order valence-electron chi connectivity index (χ3n) is 6.00. The average Bonchev–Trinajstić information content (AvgIpc) is 2.84. The van der Waals surface area contributed by atoms with Gasteiger partial charge < -0.3 is 5.73 Å². The number of hydrogen-bond donors (Lipinski definition) is 1. The first-order valence-electron chi connectivity index (χ1n) is 10.7. The van der Waals surface area contributed by atoms with E-state index in [2.05, 4.69) is 14.9 Å². The lowest BCUT2D eigenvalue weighted by Crippen LogP contribution is -2.64. The molecule has 1 fully saturated rings. The lowest BCUT2D eigenvalue weighted by molar-refractivity contribution is -0.123. The van der Waals surface area contributed by atoms with Crippen LogP contribution in [-0.2, 0) is 4.79 Å². The van der Waals surface area contributed by atoms with Gasteiger partial charge in [-0.1, -0.05) is 59.0 Å². The molecular formula is C23H23Cl2N7O. The molecule has 33 heavy (non-hydrogen) atoms. The van der Waals surface area contributed by atoms with Gasteiger partial charge in [-0.25, -0.2) is 0 Å². The summed E-state index contributed by atoms with van der Waals surface area (Å²) in [5.74, 6) is -0.626. The van der Waals surface area contributed by atoms with Crippen LogP contribution in [0.3, 0.4) is 0 Å². The van der Waals surface area contributed by atoms with Gasteiger partial charge in [-0.2, -0.15) is 0 Å². The van der Waals surface area contributed by atoms with E-state index in [-0.39, 0.29) is 6.54 Å². The van der Waals surface area contributed by atoms with Gasteiger partial charge in [0.15, 0.2) is 11.7 Å². The van der Waals surface area contributed by atoms with Gasteiger partial charge in [-0.05, 0) is 42.6 Å². The van der Waals surface area contributed by atoms with Crippen LogP contribution in [0.1, 0.15) is 30.4 Å². The molecule has 8 nitrogen and oxygen atoms in total. The Morgan fingerprint density at radius 3 is 2.09 bits per heavy atom. The summed E-state index contributed by atoms with van der Waals surface area (Å²) in [4.78, 5) is 27.8. The van der Waals surface area contributed by atoms with Gasteiger partial charge in [0.2, 0.25) is 5.91 Å². The SMILES string of the molecule is [N-]=[N+]=NCC1(N2CCCCC2)N=C(c2ccc(Cl)cc2)C(c2ccc(Cl)cc2)=NC1C(N)=O. The third kappa shape index (κ3) is 4.75. The van der Waals surface area contributed by atoms with E-state index in [1.807, 2.05) is 24.3 Å². The van der Waals surface area contributed by atoms with Crippen LogP contribution in [0.5, 0.6) is 0 Å². The van der Waals surface area contributed by atoms with Crippen LogP contribution < -0.4 is 5.73 Å². The molecular weight excluding hydrogens is 461 g/mol. The van der Waals surface area contributed by atoms with Gasteiger partial charge >= 0.3 is 0 Å². The van der Waals surface area contributed by atoms with E-state index in [9.17, 15) is 4.79 Å². The highest BCUT2D eigenvalue weighted by Crippen LogP contribution is 2.34. The average molecular weight is 484 g/mol. The fraction of sp³-hybridized carbons (Fsp3) is 0.348. The number of likely N-dealkylation sites (tertiary alicyclic amines) is 1. The second-order valence-corrected chi connectivity index (χ2v) is 8.94. The molecule has 0 bridgehead atoms. The summed E-state index contributed by atoms with van der Waals surface area (Å²) in [6, 6.07) is 13.4. The van der Waals surface area contributed by atoms with Crippen LogP contribution in [0.2, 0.25) is 10.0 Å². The number of piperidine rings is 1. The van der Waals surface area contributed by atoms with Crippen molar-refractivity contribution in [1.82, 2.24) is 4.90 Å². The van der Waals surface area contributed by atoms with Crippen molar-refractivity contribution in [2.75, 3.05) is 19.6 Å². The lowest BCUT2D eigenvalue weighted by Gasteiger charge is -2.46. The number of carbonyl (C=O) groups excluding carboxylic acids is 1. The fourth-order valence-electron chi connectivity index (χ4n) is 4.40. The maximum atomic E-state index is 12.7. The number of amides is 1. The molecule has 4 rings (SSSR count). The number of primary amides is 1. The minimum absolute atomic E-state index is 0.0639. The van der Waals surface area contributed by atoms with Crippen LogP contribution in [0.15, 0.2) is 63.6 Å². The van der Waals surface area contributed by atoms with Gasteiger partial charge in [0.05, 0.1) is 18.0 Å². The van der Waals surface area contributed by atoms with Crippen molar-refractivity contribution in [3.8, 4) is 0 Å². The molecule has 170 valence electrons. The van der Waals surface area contributed by atoms with Crippen LogP contribution in [0.25, 0.3) is 10.4 Å². The molecule has 1 amide bonds. The van der Waals surface area contributed by atoms with Crippen LogP contribution >= 0.6 is 23.2 Å². The Morgan fingerprint density at radius 1 is 1.03 bits per heavy atom. The Hall–Kier alpha value is -2.90. The molecule has 2 atom stereocenters. The number of nitrogens with zero attached hydrogens (tertiary/aromatic N) is 6. The van der Waals surface area contributed by atoms with Crippen LogP contribution in [0.4, 0.5) is 0 Å². The van der Waals surface area contributed by atoms with Gasteiger partial charge in [0.25, 0.3) is 0 Å². The quantitative estimate of drug-likeness (QED) is 0.365. The Morgan fingerprint density at radius 2 is 1.58 bits per heavy atom. The van der Waals surface area contributed by atoms with E-state index < -0.39 is 17.6 Å². The van der Waals surface area contributed by atoms with Crippen molar-refractivity contribution >= 4 is 40.5 Å². The summed E-state index contributed by atoms with van der Waals surface area (Å²) in [6.07, 6.45) is 2.98. The van der Waals surface area contributed by atoms with Gasteiger partial charge in [0.1, 0.15) is 0 Å². The zero-order valence-corrected chi connectivity index (χ0v) is 19.4. The number of nitrogens with two attached hydrogens (primary N) is 1. The number of azide groups is 1. The molecule has 2 aliphatic heterocycles. The lowest BCUT2D eigenvalue weighted by atomic mass is 9.89. The Balaban J connectivity index is 1.95. The third-order valence-corrected chi connectivity index (χ3v) is 6.50. The molecule has 2 aromatic rings. The molecule has 2 unspecified atom stereocenters. The van der Waals surface area contributed by atoms with Crippen LogP contribution in [-0.4, -0.2) is 53.6 Å². The molecule has 0 aliphatic carbocycles.